The molecule has 0 aliphatic rings. The van der Waals surface area contributed by atoms with Crippen molar-refractivity contribution in [3.05, 3.63) is 5.82 Å². The first-order valence-electron chi connectivity index (χ1n) is 6.75. The zero-order valence-corrected chi connectivity index (χ0v) is 11.6. The Morgan fingerprint density at radius 3 is 2.56 bits per heavy atom. The summed E-state index contributed by atoms with van der Waals surface area (Å²) in [6.45, 7) is 8.42. The Morgan fingerprint density at radius 2 is 1.94 bits per heavy atom. The van der Waals surface area contributed by atoms with Gasteiger partial charge in [0, 0.05) is 32.5 Å². The topological polar surface area (TPSA) is 63.9 Å². The van der Waals surface area contributed by atoms with Crippen LogP contribution < -0.4 is 0 Å². The van der Waals surface area contributed by atoms with Gasteiger partial charge >= 0.3 is 0 Å². The number of carbonyl (C=O) groups is 1. The van der Waals surface area contributed by atoms with Crippen molar-refractivity contribution in [1.82, 2.24) is 25.1 Å². The van der Waals surface area contributed by atoms with E-state index in [4.69, 9.17) is 0 Å². The highest BCUT2D eigenvalue weighted by Gasteiger charge is 2.09. The Hall–Kier alpha value is -1.46. The summed E-state index contributed by atoms with van der Waals surface area (Å²) in [7, 11) is 0. The fourth-order valence-electron chi connectivity index (χ4n) is 1.94. The zero-order chi connectivity index (χ0) is 13.4. The molecule has 0 N–H and O–H groups in total. The number of tetrazole rings is 1. The number of amides is 1. The molecule has 0 atom stereocenters. The monoisotopic (exact) mass is 253 g/mol. The second-order valence-corrected chi connectivity index (χ2v) is 4.18. The molecule has 0 aliphatic carbocycles. The lowest BCUT2D eigenvalue weighted by atomic mass is 10.1. The number of nitrogens with zero attached hydrogens (tertiary/aromatic N) is 5. The largest absolute Gasteiger partial charge is 0.343 e. The Kier molecular flexibility index (Phi) is 6.32. The molecule has 0 aliphatic heterocycles. The van der Waals surface area contributed by atoms with Crippen LogP contribution in [0.1, 0.15) is 45.9 Å². The number of unbranched alkanes of at least 4 members (excludes halogenated alkanes) is 1. The summed E-state index contributed by atoms with van der Waals surface area (Å²) in [4.78, 5) is 13.6. The van der Waals surface area contributed by atoms with Gasteiger partial charge in [-0.3, -0.25) is 4.79 Å². The third-order valence-corrected chi connectivity index (χ3v) is 3.06. The Morgan fingerprint density at radius 1 is 1.22 bits per heavy atom. The first-order valence-corrected chi connectivity index (χ1v) is 6.75. The van der Waals surface area contributed by atoms with Crippen LogP contribution in [-0.4, -0.2) is 44.1 Å². The van der Waals surface area contributed by atoms with Gasteiger partial charge in [0.15, 0.2) is 5.82 Å². The molecule has 1 amide bonds. The summed E-state index contributed by atoms with van der Waals surface area (Å²) in [5.74, 6) is 1.16. The maximum Gasteiger partial charge on any atom is 0.222 e. The summed E-state index contributed by atoms with van der Waals surface area (Å²) < 4.78 is 1.80. The Labute approximate surface area is 108 Å². The van der Waals surface area contributed by atoms with Crippen LogP contribution in [-0.2, 0) is 17.8 Å². The van der Waals surface area contributed by atoms with E-state index in [2.05, 4.69) is 15.5 Å². The van der Waals surface area contributed by atoms with Crippen molar-refractivity contribution in [3.63, 3.8) is 0 Å². The SMILES string of the molecule is CCN(CC)C(=O)CCCCc1nnnn1CC. The summed E-state index contributed by atoms with van der Waals surface area (Å²) >= 11 is 0. The van der Waals surface area contributed by atoms with Crippen molar-refractivity contribution in [2.24, 2.45) is 0 Å². The maximum absolute atomic E-state index is 11.8. The van der Waals surface area contributed by atoms with E-state index in [0.717, 1.165) is 44.7 Å². The van der Waals surface area contributed by atoms with Crippen LogP contribution in [0, 0.1) is 0 Å². The van der Waals surface area contributed by atoms with E-state index in [1.807, 2.05) is 25.7 Å². The molecule has 6 nitrogen and oxygen atoms in total. The minimum Gasteiger partial charge on any atom is -0.343 e. The number of carbonyl (C=O) groups excluding carboxylic acids is 1. The minimum absolute atomic E-state index is 0.245. The molecule has 1 rings (SSSR count). The molecular formula is C12H23N5O. The molecule has 18 heavy (non-hydrogen) atoms. The van der Waals surface area contributed by atoms with Crippen LogP contribution in [0.5, 0.6) is 0 Å². The van der Waals surface area contributed by atoms with Crippen LogP contribution in [0.3, 0.4) is 0 Å². The molecule has 0 spiro atoms. The summed E-state index contributed by atoms with van der Waals surface area (Å²) in [6.07, 6.45) is 3.31. The van der Waals surface area contributed by atoms with Gasteiger partial charge < -0.3 is 4.90 Å². The minimum atomic E-state index is 0.245. The van der Waals surface area contributed by atoms with E-state index in [0.29, 0.717) is 6.42 Å². The number of aryl methyl sites for hydroxylation is 2. The molecule has 0 radical (unpaired) electrons. The molecule has 102 valence electrons. The maximum atomic E-state index is 11.8. The van der Waals surface area contributed by atoms with Gasteiger partial charge in [-0.25, -0.2) is 4.68 Å². The van der Waals surface area contributed by atoms with E-state index in [1.54, 1.807) is 4.68 Å². The van der Waals surface area contributed by atoms with E-state index in [9.17, 15) is 4.79 Å². The van der Waals surface area contributed by atoms with Crippen LogP contribution in [0.15, 0.2) is 0 Å². The van der Waals surface area contributed by atoms with E-state index < -0.39 is 0 Å². The average Bonchev–Trinajstić information content (AvgIpc) is 2.83. The van der Waals surface area contributed by atoms with Crippen molar-refractivity contribution in [1.29, 1.82) is 0 Å². The Balaban J connectivity index is 2.24. The van der Waals surface area contributed by atoms with Crippen molar-refractivity contribution in [3.8, 4) is 0 Å². The molecule has 0 bridgehead atoms. The third kappa shape index (κ3) is 4.09. The fraction of sp³-hybridized carbons (Fsp3) is 0.833. The van der Waals surface area contributed by atoms with Gasteiger partial charge in [-0.15, -0.1) is 5.10 Å². The number of rotatable bonds is 8. The van der Waals surface area contributed by atoms with E-state index in [1.165, 1.54) is 0 Å². The van der Waals surface area contributed by atoms with Gasteiger partial charge in [0.1, 0.15) is 0 Å². The van der Waals surface area contributed by atoms with Crippen LogP contribution in [0.2, 0.25) is 0 Å². The first-order chi connectivity index (χ1) is 8.72. The molecule has 0 unspecified atom stereocenters. The molecular weight excluding hydrogens is 230 g/mol. The van der Waals surface area contributed by atoms with E-state index in [-0.39, 0.29) is 5.91 Å². The van der Waals surface area contributed by atoms with Gasteiger partial charge in [-0.1, -0.05) is 0 Å². The highest BCUT2D eigenvalue weighted by Crippen LogP contribution is 2.05. The van der Waals surface area contributed by atoms with Crippen molar-refractivity contribution in [2.45, 2.75) is 53.0 Å². The smallest absolute Gasteiger partial charge is 0.222 e. The predicted molar refractivity (Wildman–Crippen MR) is 69.0 cm³/mol. The lowest BCUT2D eigenvalue weighted by molar-refractivity contribution is -0.130. The second-order valence-electron chi connectivity index (χ2n) is 4.18. The standard InChI is InChI=1S/C12H23N5O/c1-4-16(5-2)12(18)10-8-7-9-11-13-14-15-17(11)6-3/h4-10H2,1-3H3. The first kappa shape index (κ1) is 14.6. The fourth-order valence-corrected chi connectivity index (χ4v) is 1.94. The molecule has 6 heteroatoms. The predicted octanol–water partition coefficient (Wildman–Crippen LogP) is 1.27. The second kappa shape index (κ2) is 7.79. The number of aromatic nitrogens is 4. The molecule has 0 aromatic carbocycles. The van der Waals surface area contributed by atoms with Gasteiger partial charge in [-0.2, -0.15) is 0 Å². The molecule has 1 heterocycles. The third-order valence-electron chi connectivity index (χ3n) is 3.06. The number of hydrogen-bond acceptors (Lipinski definition) is 4. The lowest BCUT2D eigenvalue weighted by Crippen LogP contribution is -2.30. The lowest BCUT2D eigenvalue weighted by Gasteiger charge is -2.18. The van der Waals surface area contributed by atoms with Crippen molar-refractivity contribution >= 4 is 5.91 Å². The normalized spacial score (nSPS) is 10.6. The van der Waals surface area contributed by atoms with Gasteiger partial charge in [0.25, 0.3) is 0 Å². The van der Waals surface area contributed by atoms with Gasteiger partial charge in [0.05, 0.1) is 0 Å². The summed E-state index contributed by atoms with van der Waals surface area (Å²) in [5, 5.41) is 11.5. The van der Waals surface area contributed by atoms with Crippen molar-refractivity contribution in [2.75, 3.05) is 13.1 Å². The molecule has 0 fully saturated rings. The van der Waals surface area contributed by atoms with Crippen LogP contribution in [0.4, 0.5) is 0 Å². The molecule has 0 saturated carbocycles. The molecule has 0 saturated heterocycles. The zero-order valence-electron chi connectivity index (χ0n) is 11.6. The van der Waals surface area contributed by atoms with Crippen LogP contribution in [0.25, 0.3) is 0 Å². The van der Waals surface area contributed by atoms with Crippen LogP contribution >= 0.6 is 0 Å². The highest BCUT2D eigenvalue weighted by molar-refractivity contribution is 5.76. The molecule has 1 aromatic rings. The number of hydrogen-bond donors (Lipinski definition) is 0. The highest BCUT2D eigenvalue weighted by atomic mass is 16.2. The average molecular weight is 253 g/mol. The van der Waals surface area contributed by atoms with Crippen molar-refractivity contribution < 1.29 is 4.79 Å². The van der Waals surface area contributed by atoms with Gasteiger partial charge in [-0.05, 0) is 44.0 Å². The molecule has 1 aromatic heterocycles. The Bertz CT molecular complexity index is 359. The van der Waals surface area contributed by atoms with E-state index >= 15 is 0 Å². The van der Waals surface area contributed by atoms with Gasteiger partial charge in [0.2, 0.25) is 5.91 Å². The summed E-state index contributed by atoms with van der Waals surface area (Å²) in [6, 6.07) is 0. The summed E-state index contributed by atoms with van der Waals surface area (Å²) in [5.41, 5.74) is 0. The quantitative estimate of drug-likeness (QED) is 0.655.